The summed E-state index contributed by atoms with van der Waals surface area (Å²) in [5, 5.41) is 11.9. The predicted octanol–water partition coefficient (Wildman–Crippen LogP) is 0.599. The summed E-state index contributed by atoms with van der Waals surface area (Å²) in [5.74, 6) is 0. The molecule has 1 fully saturated rings. The van der Waals surface area contributed by atoms with E-state index in [1.165, 1.54) is 6.42 Å². The zero-order valence-corrected chi connectivity index (χ0v) is 9.70. The lowest BCUT2D eigenvalue weighted by Crippen LogP contribution is -2.41. The highest BCUT2D eigenvalue weighted by atomic mass is 16.5. The number of hydrogen-bond donors (Lipinski definition) is 1. The van der Waals surface area contributed by atoms with Gasteiger partial charge in [0.15, 0.2) is 0 Å². The van der Waals surface area contributed by atoms with Crippen molar-refractivity contribution < 1.29 is 4.74 Å². The molecule has 0 aromatic rings. The molecule has 2 unspecified atom stereocenters. The van der Waals surface area contributed by atoms with Crippen LogP contribution in [-0.2, 0) is 4.74 Å². The van der Waals surface area contributed by atoms with E-state index in [4.69, 9.17) is 10.00 Å². The average molecular weight is 211 g/mol. The van der Waals surface area contributed by atoms with Crippen molar-refractivity contribution in [2.45, 2.75) is 31.9 Å². The molecule has 0 spiro atoms. The molecular formula is C11H21N3O. The Labute approximate surface area is 92.2 Å². The van der Waals surface area contributed by atoms with E-state index in [2.05, 4.69) is 23.2 Å². The van der Waals surface area contributed by atoms with Crippen LogP contribution in [0.25, 0.3) is 0 Å². The topological polar surface area (TPSA) is 48.3 Å². The molecule has 15 heavy (non-hydrogen) atoms. The molecule has 4 nitrogen and oxygen atoms in total. The van der Waals surface area contributed by atoms with E-state index in [1.807, 2.05) is 7.05 Å². The fraction of sp³-hybridized carbons (Fsp3) is 0.909. The Morgan fingerprint density at radius 1 is 1.67 bits per heavy atom. The van der Waals surface area contributed by atoms with Gasteiger partial charge in [0.05, 0.1) is 12.2 Å². The Kier molecular flexibility index (Phi) is 5.62. The molecule has 1 aliphatic heterocycles. The maximum absolute atomic E-state index is 8.86. The van der Waals surface area contributed by atoms with E-state index >= 15 is 0 Å². The minimum absolute atomic E-state index is 0.0775. The molecule has 1 saturated heterocycles. The monoisotopic (exact) mass is 211 g/mol. The van der Waals surface area contributed by atoms with Crippen LogP contribution < -0.4 is 5.32 Å². The second-order valence-corrected chi connectivity index (χ2v) is 3.96. The molecule has 0 saturated carbocycles. The summed E-state index contributed by atoms with van der Waals surface area (Å²) >= 11 is 0. The number of nitrogens with one attached hydrogen (secondary N) is 1. The third kappa shape index (κ3) is 4.17. The number of rotatable bonds is 6. The fourth-order valence-corrected chi connectivity index (χ4v) is 1.86. The molecule has 86 valence electrons. The van der Waals surface area contributed by atoms with Crippen molar-refractivity contribution in [1.29, 1.82) is 5.26 Å². The quantitative estimate of drug-likeness (QED) is 0.699. The van der Waals surface area contributed by atoms with Crippen LogP contribution in [0.15, 0.2) is 0 Å². The molecule has 2 atom stereocenters. The number of hydrogen-bond acceptors (Lipinski definition) is 4. The second kappa shape index (κ2) is 6.78. The van der Waals surface area contributed by atoms with Crippen LogP contribution in [0.2, 0.25) is 0 Å². The Morgan fingerprint density at radius 2 is 2.47 bits per heavy atom. The first-order valence-electron chi connectivity index (χ1n) is 5.71. The van der Waals surface area contributed by atoms with Crippen LogP contribution >= 0.6 is 0 Å². The second-order valence-electron chi connectivity index (χ2n) is 3.96. The van der Waals surface area contributed by atoms with Crippen LogP contribution in [0.5, 0.6) is 0 Å². The van der Waals surface area contributed by atoms with Crippen LogP contribution in [0.3, 0.4) is 0 Å². The minimum atomic E-state index is -0.0775. The lowest BCUT2D eigenvalue weighted by atomic mass is 10.2. The highest BCUT2D eigenvalue weighted by molar-refractivity contribution is 4.91. The molecule has 0 aromatic heterocycles. The van der Waals surface area contributed by atoms with Gasteiger partial charge in [0.1, 0.15) is 6.04 Å². The smallest absolute Gasteiger partial charge is 0.108 e. The SMILES string of the molecule is CCN(CC(C#N)NC)CC1CCCO1. The van der Waals surface area contributed by atoms with Gasteiger partial charge in [-0.2, -0.15) is 5.26 Å². The maximum atomic E-state index is 8.86. The summed E-state index contributed by atoms with van der Waals surface area (Å²) < 4.78 is 5.59. The average Bonchev–Trinajstić information content (AvgIpc) is 2.76. The van der Waals surface area contributed by atoms with Crippen molar-refractivity contribution in [3.8, 4) is 6.07 Å². The molecule has 1 aliphatic rings. The lowest BCUT2D eigenvalue weighted by molar-refractivity contribution is 0.0735. The van der Waals surface area contributed by atoms with Crippen molar-refractivity contribution >= 4 is 0 Å². The summed E-state index contributed by atoms with van der Waals surface area (Å²) in [5.41, 5.74) is 0. The van der Waals surface area contributed by atoms with Gasteiger partial charge in [-0.05, 0) is 26.4 Å². The van der Waals surface area contributed by atoms with Crippen molar-refractivity contribution in [2.75, 3.05) is 33.3 Å². The third-order valence-electron chi connectivity index (χ3n) is 2.88. The summed E-state index contributed by atoms with van der Waals surface area (Å²) in [6.45, 7) is 5.73. The molecule has 0 bridgehead atoms. The number of nitriles is 1. The van der Waals surface area contributed by atoms with Crippen LogP contribution in [0.4, 0.5) is 0 Å². The molecule has 0 aliphatic carbocycles. The number of likely N-dealkylation sites (N-methyl/N-ethyl adjacent to an activating group) is 2. The highest BCUT2D eigenvalue weighted by Crippen LogP contribution is 2.13. The van der Waals surface area contributed by atoms with E-state index in [9.17, 15) is 0 Å². The number of nitrogens with zero attached hydrogens (tertiary/aromatic N) is 2. The summed E-state index contributed by atoms with van der Waals surface area (Å²) in [6.07, 6.45) is 2.71. The highest BCUT2D eigenvalue weighted by Gasteiger charge is 2.19. The standard InChI is InChI=1S/C11H21N3O/c1-3-14(8-10(7-12)13-2)9-11-5-4-6-15-11/h10-11,13H,3-6,8-9H2,1-2H3. The molecule has 0 aromatic carbocycles. The molecule has 0 radical (unpaired) electrons. The maximum Gasteiger partial charge on any atom is 0.108 e. The number of ether oxygens (including phenoxy) is 1. The normalized spacial score (nSPS) is 22.9. The van der Waals surface area contributed by atoms with Gasteiger partial charge in [0.25, 0.3) is 0 Å². The molecule has 1 N–H and O–H groups in total. The molecule has 1 rings (SSSR count). The van der Waals surface area contributed by atoms with E-state index in [0.29, 0.717) is 6.10 Å². The molecule has 1 heterocycles. The minimum Gasteiger partial charge on any atom is -0.377 e. The third-order valence-corrected chi connectivity index (χ3v) is 2.88. The van der Waals surface area contributed by atoms with Crippen LogP contribution in [0.1, 0.15) is 19.8 Å². The Hall–Kier alpha value is -0.630. The van der Waals surface area contributed by atoms with E-state index < -0.39 is 0 Å². The molecule has 4 heteroatoms. The van der Waals surface area contributed by atoms with E-state index in [0.717, 1.165) is 32.7 Å². The van der Waals surface area contributed by atoms with Gasteiger partial charge in [-0.25, -0.2) is 0 Å². The van der Waals surface area contributed by atoms with Gasteiger partial charge < -0.3 is 10.1 Å². The molecular weight excluding hydrogens is 190 g/mol. The van der Waals surface area contributed by atoms with Crippen LogP contribution in [0, 0.1) is 11.3 Å². The first-order valence-corrected chi connectivity index (χ1v) is 5.71. The van der Waals surface area contributed by atoms with Crippen molar-refractivity contribution in [2.24, 2.45) is 0 Å². The first-order chi connectivity index (χ1) is 7.30. The van der Waals surface area contributed by atoms with Crippen molar-refractivity contribution in [1.82, 2.24) is 10.2 Å². The predicted molar refractivity (Wildman–Crippen MR) is 59.5 cm³/mol. The Morgan fingerprint density at radius 3 is 2.93 bits per heavy atom. The fourth-order valence-electron chi connectivity index (χ4n) is 1.86. The van der Waals surface area contributed by atoms with Crippen LogP contribution in [-0.4, -0.2) is 50.3 Å². The zero-order valence-electron chi connectivity index (χ0n) is 9.70. The van der Waals surface area contributed by atoms with Gasteiger partial charge in [-0.1, -0.05) is 6.92 Å². The van der Waals surface area contributed by atoms with Crippen molar-refractivity contribution in [3.05, 3.63) is 0 Å². The van der Waals surface area contributed by atoms with Gasteiger partial charge in [-0.3, -0.25) is 4.90 Å². The van der Waals surface area contributed by atoms with E-state index in [1.54, 1.807) is 0 Å². The van der Waals surface area contributed by atoms with Crippen molar-refractivity contribution in [3.63, 3.8) is 0 Å². The molecule has 0 amide bonds. The first kappa shape index (κ1) is 12.4. The lowest BCUT2D eigenvalue weighted by Gasteiger charge is -2.25. The largest absolute Gasteiger partial charge is 0.377 e. The van der Waals surface area contributed by atoms with Gasteiger partial charge in [0.2, 0.25) is 0 Å². The van der Waals surface area contributed by atoms with Gasteiger partial charge >= 0.3 is 0 Å². The summed E-state index contributed by atoms with van der Waals surface area (Å²) in [6, 6.07) is 2.17. The summed E-state index contributed by atoms with van der Waals surface area (Å²) in [4.78, 5) is 2.28. The van der Waals surface area contributed by atoms with Gasteiger partial charge in [-0.15, -0.1) is 0 Å². The summed E-state index contributed by atoms with van der Waals surface area (Å²) in [7, 11) is 1.83. The Balaban J connectivity index is 2.31. The Bertz CT molecular complexity index is 208. The zero-order chi connectivity index (χ0) is 11.1. The van der Waals surface area contributed by atoms with Gasteiger partial charge in [0, 0.05) is 19.7 Å². The van der Waals surface area contributed by atoms with E-state index in [-0.39, 0.29) is 6.04 Å².